The molecule has 0 bridgehead atoms. The highest BCUT2D eigenvalue weighted by Crippen LogP contribution is 2.34. The number of benzene rings is 1. The van der Waals surface area contributed by atoms with Gasteiger partial charge in [0, 0.05) is 13.1 Å². The van der Waals surface area contributed by atoms with Crippen LogP contribution < -0.4 is 10.6 Å². The van der Waals surface area contributed by atoms with E-state index in [9.17, 15) is 4.57 Å². The molecule has 0 aliphatic heterocycles. The lowest BCUT2D eigenvalue weighted by molar-refractivity contribution is 0.371. The van der Waals surface area contributed by atoms with Gasteiger partial charge in [-0.1, -0.05) is 30.3 Å². The van der Waals surface area contributed by atoms with Gasteiger partial charge in [-0.05, 0) is 24.2 Å². The van der Waals surface area contributed by atoms with Crippen LogP contribution in [-0.4, -0.2) is 27.6 Å². The van der Waals surface area contributed by atoms with Crippen molar-refractivity contribution < 1.29 is 14.4 Å². The topological polar surface area (TPSA) is 81.6 Å². The lowest BCUT2D eigenvalue weighted by atomic mass is 10.2. The summed E-state index contributed by atoms with van der Waals surface area (Å²) in [7, 11) is -3.89. The van der Waals surface area contributed by atoms with Gasteiger partial charge in [0.05, 0.1) is 6.16 Å². The number of rotatable bonds is 6. The normalized spacial score (nSPS) is 11.0. The number of hydrogen-bond acceptors (Lipinski definition) is 2. The molecule has 0 aliphatic rings. The highest BCUT2D eigenvalue weighted by Gasteiger charge is 2.11. The van der Waals surface area contributed by atoms with Gasteiger partial charge in [0.25, 0.3) is 0 Å². The molecule has 0 heterocycles. The molecular weight excluding hydrogens is 271 g/mol. The third-order valence-corrected chi connectivity index (χ3v) is 3.40. The van der Waals surface area contributed by atoms with Crippen LogP contribution in [0, 0.1) is 0 Å². The maximum absolute atomic E-state index is 10.6. The van der Waals surface area contributed by atoms with Crippen LogP contribution in [0.2, 0.25) is 0 Å². The molecule has 0 amide bonds. The summed E-state index contributed by atoms with van der Waals surface area (Å²) in [5.41, 5.74) is 1.12. The van der Waals surface area contributed by atoms with Gasteiger partial charge in [0.1, 0.15) is 0 Å². The Labute approximate surface area is 112 Å². The quantitative estimate of drug-likeness (QED) is 0.358. The first-order valence-corrected chi connectivity index (χ1v) is 7.78. The molecule has 1 rings (SSSR count). The van der Waals surface area contributed by atoms with Crippen LogP contribution in [0.25, 0.3) is 0 Å². The highest BCUT2D eigenvalue weighted by atomic mass is 32.1. The minimum atomic E-state index is -3.89. The predicted octanol–water partition coefficient (Wildman–Crippen LogP) is 1.22. The van der Waals surface area contributed by atoms with Crippen molar-refractivity contribution in [2.24, 2.45) is 0 Å². The standard InChI is InChI=1S/C11H17N2O3PS/c14-17(15,16)8-4-7-12-11(18)13-9-10-5-2-1-3-6-10/h1-3,5-6H,4,7-9H2,(H2,12,13,18)(H2,14,15,16). The summed E-state index contributed by atoms with van der Waals surface area (Å²) in [6, 6.07) is 9.83. The van der Waals surface area contributed by atoms with Gasteiger partial charge in [-0.25, -0.2) is 0 Å². The summed E-state index contributed by atoms with van der Waals surface area (Å²) in [4.78, 5) is 17.3. The maximum Gasteiger partial charge on any atom is 0.325 e. The summed E-state index contributed by atoms with van der Waals surface area (Å²) in [6.07, 6.45) is 0.263. The van der Waals surface area contributed by atoms with E-state index in [4.69, 9.17) is 22.0 Å². The van der Waals surface area contributed by atoms with E-state index in [1.165, 1.54) is 0 Å². The van der Waals surface area contributed by atoms with Crippen molar-refractivity contribution in [3.8, 4) is 0 Å². The zero-order chi connectivity index (χ0) is 13.4. The summed E-state index contributed by atoms with van der Waals surface area (Å²) >= 11 is 5.04. The van der Waals surface area contributed by atoms with Crippen molar-refractivity contribution >= 4 is 24.9 Å². The van der Waals surface area contributed by atoms with Crippen LogP contribution in [0.1, 0.15) is 12.0 Å². The van der Waals surface area contributed by atoms with Crippen LogP contribution >= 0.6 is 19.8 Å². The van der Waals surface area contributed by atoms with E-state index in [0.29, 0.717) is 24.6 Å². The Balaban J connectivity index is 2.13. The van der Waals surface area contributed by atoms with Gasteiger partial charge < -0.3 is 20.4 Å². The highest BCUT2D eigenvalue weighted by molar-refractivity contribution is 7.80. The summed E-state index contributed by atoms with van der Waals surface area (Å²) in [5.74, 6) is 0. The molecule has 0 aromatic heterocycles. The fourth-order valence-electron chi connectivity index (χ4n) is 1.33. The largest absolute Gasteiger partial charge is 0.363 e. The maximum atomic E-state index is 10.6. The van der Waals surface area contributed by atoms with E-state index in [-0.39, 0.29) is 6.16 Å². The third-order valence-electron chi connectivity index (χ3n) is 2.21. The van der Waals surface area contributed by atoms with Crippen molar-refractivity contribution in [3.05, 3.63) is 35.9 Å². The second-order valence-electron chi connectivity index (χ2n) is 3.84. The van der Waals surface area contributed by atoms with Crippen molar-refractivity contribution in [1.29, 1.82) is 0 Å². The molecule has 1 aromatic carbocycles. The zero-order valence-corrected chi connectivity index (χ0v) is 11.6. The smallest absolute Gasteiger partial charge is 0.325 e. The van der Waals surface area contributed by atoms with Gasteiger partial charge >= 0.3 is 7.60 Å². The Kier molecular flexibility index (Phi) is 6.29. The molecule has 100 valence electrons. The summed E-state index contributed by atoms with van der Waals surface area (Å²) < 4.78 is 10.6. The van der Waals surface area contributed by atoms with E-state index >= 15 is 0 Å². The second-order valence-corrected chi connectivity index (χ2v) is 6.02. The zero-order valence-electron chi connectivity index (χ0n) is 9.87. The molecular formula is C11H17N2O3PS. The molecule has 0 atom stereocenters. The molecule has 4 N–H and O–H groups in total. The molecule has 0 radical (unpaired) electrons. The third kappa shape index (κ3) is 7.40. The molecule has 0 fully saturated rings. The SMILES string of the molecule is O=P(O)(O)CCCNC(=S)NCc1ccccc1. The van der Waals surface area contributed by atoms with Gasteiger partial charge in [0.2, 0.25) is 0 Å². The fourth-order valence-corrected chi connectivity index (χ4v) is 2.07. The molecule has 0 unspecified atom stereocenters. The van der Waals surface area contributed by atoms with Crippen LogP contribution in [0.15, 0.2) is 30.3 Å². The molecule has 0 saturated carbocycles. The Hall–Kier alpha value is -0.940. The van der Waals surface area contributed by atoms with Gasteiger partial charge in [-0.15, -0.1) is 0 Å². The van der Waals surface area contributed by atoms with E-state index in [1.807, 2.05) is 30.3 Å². The fraction of sp³-hybridized carbons (Fsp3) is 0.364. The van der Waals surface area contributed by atoms with E-state index < -0.39 is 7.60 Å². The van der Waals surface area contributed by atoms with Crippen LogP contribution in [-0.2, 0) is 11.1 Å². The van der Waals surface area contributed by atoms with Crippen LogP contribution in [0.4, 0.5) is 0 Å². The van der Waals surface area contributed by atoms with E-state index in [2.05, 4.69) is 10.6 Å². The van der Waals surface area contributed by atoms with Crippen LogP contribution in [0.5, 0.6) is 0 Å². The van der Waals surface area contributed by atoms with E-state index in [1.54, 1.807) is 0 Å². The first kappa shape index (κ1) is 15.1. The molecule has 0 saturated heterocycles. The molecule has 7 heteroatoms. The van der Waals surface area contributed by atoms with Crippen molar-refractivity contribution in [2.75, 3.05) is 12.7 Å². The van der Waals surface area contributed by atoms with Crippen molar-refractivity contribution in [2.45, 2.75) is 13.0 Å². The lowest BCUT2D eigenvalue weighted by Crippen LogP contribution is -2.35. The molecule has 18 heavy (non-hydrogen) atoms. The molecule has 0 spiro atoms. The Morgan fingerprint density at radius 2 is 1.89 bits per heavy atom. The Bertz CT molecular complexity index is 422. The molecule has 0 aliphatic carbocycles. The summed E-state index contributed by atoms with van der Waals surface area (Å²) in [5, 5.41) is 6.42. The Morgan fingerprint density at radius 3 is 2.50 bits per heavy atom. The average Bonchev–Trinajstić information content (AvgIpc) is 2.32. The van der Waals surface area contributed by atoms with Gasteiger partial charge in [-0.2, -0.15) is 0 Å². The molecule has 1 aromatic rings. The first-order valence-electron chi connectivity index (χ1n) is 5.57. The van der Waals surface area contributed by atoms with E-state index in [0.717, 1.165) is 5.56 Å². The average molecular weight is 288 g/mol. The van der Waals surface area contributed by atoms with Crippen molar-refractivity contribution in [3.63, 3.8) is 0 Å². The second kappa shape index (κ2) is 7.48. The van der Waals surface area contributed by atoms with Crippen LogP contribution in [0.3, 0.4) is 0 Å². The molecule has 5 nitrogen and oxygen atoms in total. The predicted molar refractivity (Wildman–Crippen MR) is 75.4 cm³/mol. The minimum Gasteiger partial charge on any atom is -0.363 e. The lowest BCUT2D eigenvalue weighted by Gasteiger charge is -2.10. The van der Waals surface area contributed by atoms with Gasteiger partial charge in [0.15, 0.2) is 5.11 Å². The summed E-state index contributed by atoms with van der Waals surface area (Å²) in [6.45, 7) is 1.08. The minimum absolute atomic E-state index is 0.124. The number of hydrogen-bond donors (Lipinski definition) is 4. The number of thiocarbonyl (C=S) groups is 1. The first-order chi connectivity index (χ1) is 8.47. The van der Waals surface area contributed by atoms with Crippen molar-refractivity contribution in [1.82, 2.24) is 10.6 Å². The Morgan fingerprint density at radius 1 is 1.22 bits per heavy atom. The van der Waals surface area contributed by atoms with Gasteiger partial charge in [-0.3, -0.25) is 4.57 Å². The number of nitrogens with one attached hydrogen (secondary N) is 2. The monoisotopic (exact) mass is 288 g/mol.